The van der Waals surface area contributed by atoms with Crippen molar-refractivity contribution < 1.29 is 9.21 Å². The molecule has 2 aromatic heterocycles. The fraction of sp³-hybridized carbons (Fsp3) is 0.0526. The highest BCUT2D eigenvalue weighted by Crippen LogP contribution is 2.34. The van der Waals surface area contributed by atoms with Crippen LogP contribution in [0.4, 0.5) is 0 Å². The van der Waals surface area contributed by atoms with Gasteiger partial charge in [-0.05, 0) is 42.0 Å². The van der Waals surface area contributed by atoms with Crippen molar-refractivity contribution in [1.82, 2.24) is 10.3 Å². The van der Waals surface area contributed by atoms with Gasteiger partial charge in [0.05, 0.1) is 10.0 Å². The van der Waals surface area contributed by atoms with Crippen LogP contribution in [0.1, 0.15) is 11.3 Å². The van der Waals surface area contributed by atoms with Crippen LogP contribution in [0.25, 0.3) is 17.4 Å². The smallest absolute Gasteiger partial charge is 0.244 e. The largest absolute Gasteiger partial charge is 0.457 e. The van der Waals surface area contributed by atoms with E-state index in [0.717, 1.165) is 5.56 Å². The number of nitrogens with zero attached hydrogens (tertiary/aromatic N) is 1. The van der Waals surface area contributed by atoms with Gasteiger partial charge in [-0.2, -0.15) is 0 Å². The lowest BCUT2D eigenvalue weighted by Crippen LogP contribution is -2.20. The molecule has 2 heterocycles. The summed E-state index contributed by atoms with van der Waals surface area (Å²) in [5.74, 6) is 0.910. The van der Waals surface area contributed by atoms with E-state index in [9.17, 15) is 4.79 Å². The molecule has 1 N–H and O–H groups in total. The highest BCUT2D eigenvalue weighted by molar-refractivity contribution is 6.43. The molecule has 25 heavy (non-hydrogen) atoms. The molecule has 0 bridgehead atoms. The number of carbonyl (C=O) groups excluding carboxylic acids is 1. The van der Waals surface area contributed by atoms with Gasteiger partial charge in [0.1, 0.15) is 11.5 Å². The third-order valence-electron chi connectivity index (χ3n) is 3.43. The Kier molecular flexibility index (Phi) is 5.53. The molecule has 0 spiro atoms. The zero-order chi connectivity index (χ0) is 17.6. The first-order valence-corrected chi connectivity index (χ1v) is 8.28. The Bertz CT molecular complexity index is 905. The van der Waals surface area contributed by atoms with Crippen LogP contribution in [0.15, 0.2) is 65.4 Å². The molecular weight excluding hydrogens is 359 g/mol. The number of aromatic nitrogens is 1. The van der Waals surface area contributed by atoms with Crippen molar-refractivity contribution in [3.63, 3.8) is 0 Å². The molecule has 1 aromatic carbocycles. The first kappa shape index (κ1) is 17.3. The van der Waals surface area contributed by atoms with Crippen LogP contribution in [0.5, 0.6) is 0 Å². The lowest BCUT2D eigenvalue weighted by molar-refractivity contribution is -0.116. The first-order valence-electron chi connectivity index (χ1n) is 7.52. The van der Waals surface area contributed by atoms with Gasteiger partial charge in [0.25, 0.3) is 0 Å². The van der Waals surface area contributed by atoms with Gasteiger partial charge in [0, 0.05) is 30.6 Å². The number of nitrogens with one attached hydrogen (secondary N) is 1. The van der Waals surface area contributed by atoms with Crippen LogP contribution in [-0.4, -0.2) is 10.9 Å². The predicted octanol–water partition coefficient (Wildman–Crippen LogP) is 4.98. The molecule has 0 saturated carbocycles. The van der Waals surface area contributed by atoms with Gasteiger partial charge >= 0.3 is 0 Å². The molecule has 4 nitrogen and oxygen atoms in total. The molecule has 3 rings (SSSR count). The fourth-order valence-corrected chi connectivity index (χ4v) is 2.58. The van der Waals surface area contributed by atoms with Gasteiger partial charge in [0.15, 0.2) is 0 Å². The number of rotatable bonds is 5. The van der Waals surface area contributed by atoms with Crippen molar-refractivity contribution in [2.75, 3.05) is 0 Å². The van der Waals surface area contributed by atoms with E-state index in [0.29, 0.717) is 33.7 Å². The van der Waals surface area contributed by atoms with Crippen molar-refractivity contribution in [2.45, 2.75) is 6.54 Å². The maximum Gasteiger partial charge on any atom is 0.244 e. The second-order valence-corrected chi connectivity index (χ2v) is 6.00. The number of hydrogen-bond donors (Lipinski definition) is 1. The summed E-state index contributed by atoms with van der Waals surface area (Å²) in [5.41, 5.74) is 1.63. The van der Waals surface area contributed by atoms with E-state index in [2.05, 4.69) is 10.3 Å². The van der Waals surface area contributed by atoms with Gasteiger partial charge in [-0.3, -0.25) is 9.78 Å². The minimum atomic E-state index is -0.220. The van der Waals surface area contributed by atoms with E-state index >= 15 is 0 Å². The molecule has 0 atom stereocenters. The molecule has 126 valence electrons. The topological polar surface area (TPSA) is 55.1 Å². The van der Waals surface area contributed by atoms with Crippen LogP contribution < -0.4 is 5.32 Å². The van der Waals surface area contributed by atoms with Crippen LogP contribution in [0.3, 0.4) is 0 Å². The maximum absolute atomic E-state index is 11.9. The van der Waals surface area contributed by atoms with E-state index in [-0.39, 0.29) is 5.91 Å². The minimum absolute atomic E-state index is 0.220. The number of halogens is 2. The molecule has 1 amide bonds. The summed E-state index contributed by atoms with van der Waals surface area (Å²) in [6.45, 7) is 0.415. The first-order chi connectivity index (χ1) is 12.1. The normalized spacial score (nSPS) is 11.0. The van der Waals surface area contributed by atoms with E-state index in [4.69, 9.17) is 27.6 Å². The van der Waals surface area contributed by atoms with Crippen LogP contribution in [0, 0.1) is 0 Å². The Balaban J connectivity index is 1.63. The standard InChI is InChI=1S/C19H14Cl2N2O2/c20-16-5-1-4-15(19(16)21)17-8-6-14(25-17)7-9-18(24)23-12-13-3-2-10-22-11-13/h1-11H,12H2,(H,23,24). The molecule has 0 radical (unpaired) electrons. The summed E-state index contributed by atoms with van der Waals surface area (Å²) in [6, 6.07) is 12.6. The summed E-state index contributed by atoms with van der Waals surface area (Å²) < 4.78 is 5.70. The van der Waals surface area contributed by atoms with Crippen molar-refractivity contribution >= 4 is 35.2 Å². The molecule has 0 unspecified atom stereocenters. The molecule has 0 aliphatic heterocycles. The number of carbonyl (C=O) groups is 1. The molecule has 0 aliphatic rings. The van der Waals surface area contributed by atoms with E-state index in [1.807, 2.05) is 18.2 Å². The zero-order valence-corrected chi connectivity index (χ0v) is 14.6. The van der Waals surface area contributed by atoms with Crippen LogP contribution in [-0.2, 0) is 11.3 Å². The monoisotopic (exact) mass is 372 g/mol. The molecule has 3 aromatic rings. The number of hydrogen-bond acceptors (Lipinski definition) is 3. The summed E-state index contributed by atoms with van der Waals surface area (Å²) in [4.78, 5) is 15.9. The predicted molar refractivity (Wildman–Crippen MR) is 99.3 cm³/mol. The Hall–Kier alpha value is -2.56. The summed E-state index contributed by atoms with van der Waals surface area (Å²) in [6.07, 6.45) is 6.41. The Morgan fingerprint density at radius 1 is 1.16 bits per heavy atom. The highest BCUT2D eigenvalue weighted by atomic mass is 35.5. The van der Waals surface area contributed by atoms with Crippen LogP contribution >= 0.6 is 23.2 Å². The minimum Gasteiger partial charge on any atom is -0.457 e. The fourth-order valence-electron chi connectivity index (χ4n) is 2.19. The molecule has 0 saturated heterocycles. The van der Waals surface area contributed by atoms with E-state index < -0.39 is 0 Å². The van der Waals surface area contributed by atoms with Gasteiger partial charge in [-0.15, -0.1) is 0 Å². The van der Waals surface area contributed by atoms with Crippen LogP contribution in [0.2, 0.25) is 10.0 Å². The van der Waals surface area contributed by atoms with Gasteiger partial charge in [-0.1, -0.05) is 35.3 Å². The molecular formula is C19H14Cl2N2O2. The lowest BCUT2D eigenvalue weighted by Gasteiger charge is -2.02. The Morgan fingerprint density at radius 2 is 2.04 bits per heavy atom. The average molecular weight is 373 g/mol. The van der Waals surface area contributed by atoms with Crippen molar-refractivity contribution in [3.05, 3.63) is 82.3 Å². The van der Waals surface area contributed by atoms with Crippen molar-refractivity contribution in [1.29, 1.82) is 0 Å². The quantitative estimate of drug-likeness (QED) is 0.642. The Labute approximate surface area is 155 Å². The van der Waals surface area contributed by atoms with E-state index in [1.165, 1.54) is 6.08 Å². The summed E-state index contributed by atoms with van der Waals surface area (Å²) >= 11 is 12.2. The number of amides is 1. The zero-order valence-electron chi connectivity index (χ0n) is 13.1. The summed E-state index contributed by atoms with van der Waals surface area (Å²) in [5, 5.41) is 3.67. The number of furan rings is 1. The third-order valence-corrected chi connectivity index (χ3v) is 4.25. The molecule has 0 fully saturated rings. The summed E-state index contributed by atoms with van der Waals surface area (Å²) in [7, 11) is 0. The Morgan fingerprint density at radius 3 is 2.84 bits per heavy atom. The SMILES string of the molecule is O=C(C=Cc1ccc(-c2cccc(Cl)c2Cl)o1)NCc1cccnc1. The molecule has 0 aliphatic carbocycles. The molecule has 6 heteroatoms. The maximum atomic E-state index is 11.9. The average Bonchev–Trinajstić information content (AvgIpc) is 3.10. The second-order valence-electron chi connectivity index (χ2n) is 5.22. The lowest BCUT2D eigenvalue weighted by atomic mass is 10.2. The number of benzene rings is 1. The van der Waals surface area contributed by atoms with Gasteiger partial charge in [-0.25, -0.2) is 0 Å². The van der Waals surface area contributed by atoms with Crippen molar-refractivity contribution in [3.8, 4) is 11.3 Å². The van der Waals surface area contributed by atoms with E-state index in [1.54, 1.807) is 42.7 Å². The second kappa shape index (κ2) is 8.01. The highest BCUT2D eigenvalue weighted by Gasteiger charge is 2.10. The van der Waals surface area contributed by atoms with Crippen molar-refractivity contribution in [2.24, 2.45) is 0 Å². The van der Waals surface area contributed by atoms with Gasteiger partial charge in [0.2, 0.25) is 5.91 Å². The van der Waals surface area contributed by atoms with Gasteiger partial charge < -0.3 is 9.73 Å². The number of pyridine rings is 1. The third kappa shape index (κ3) is 4.50.